The average Bonchev–Trinajstić information content (AvgIpc) is 2.81. The summed E-state index contributed by atoms with van der Waals surface area (Å²) >= 11 is 2.33. The quantitative estimate of drug-likeness (QED) is 0.105. The molecular weight excluding hydrogens is 752 g/mol. The number of rotatable bonds is 13. The highest BCUT2D eigenvalue weighted by molar-refractivity contribution is 14.1. The van der Waals surface area contributed by atoms with Crippen LogP contribution < -0.4 is 0 Å². The van der Waals surface area contributed by atoms with Crippen molar-refractivity contribution >= 4 is 55.9 Å². The van der Waals surface area contributed by atoms with Gasteiger partial charge < -0.3 is 22.4 Å². The van der Waals surface area contributed by atoms with Crippen molar-refractivity contribution in [2.75, 3.05) is 0 Å². The minimum Gasteiger partial charge on any atom is -0.409 e. The van der Waals surface area contributed by atoms with Crippen molar-refractivity contribution in [3.8, 4) is 0 Å². The van der Waals surface area contributed by atoms with Crippen LogP contribution in [0.5, 0.6) is 0 Å². The van der Waals surface area contributed by atoms with Crippen molar-refractivity contribution in [3.05, 3.63) is 22.8 Å². The van der Waals surface area contributed by atoms with E-state index in [1.807, 2.05) is 6.08 Å². The van der Waals surface area contributed by atoms with Crippen LogP contribution in [0.25, 0.3) is 0 Å². The molecule has 5 nitrogen and oxygen atoms in total. The predicted octanol–water partition coefficient (Wildman–Crippen LogP) is 12.2. The lowest BCUT2D eigenvalue weighted by Gasteiger charge is -2.56. The van der Waals surface area contributed by atoms with Crippen LogP contribution in [0.4, 0.5) is 0 Å². The van der Waals surface area contributed by atoms with Gasteiger partial charge in [0.2, 0.25) is 0 Å². The van der Waals surface area contributed by atoms with E-state index in [-0.39, 0.29) is 56.8 Å². The molecule has 0 aromatic heterocycles. The molecule has 0 aromatic carbocycles. The summed E-state index contributed by atoms with van der Waals surface area (Å²) in [7, 11) is -9.04. The Kier molecular flexibility index (Phi) is 15.3. The van der Waals surface area contributed by atoms with E-state index in [9.17, 15) is 0 Å². The van der Waals surface area contributed by atoms with E-state index in [1.54, 1.807) is 0 Å². The standard InChI is InChI=1S/C36H75IO5Si4/c1-22-23-24-27-30(40-44(16,17)34(5,6)7)32(42-46(20,21)36(11,12)13)31(41-45(18,19)35(8,9)10)29(38-27)28(25-26-37)39-43(14,15)33(2,3)4/h22,25-32H,1,23-24H2,2-21H3/b26-25+/t27?,28?,29-,30?,31?,32?/m0/s1. The summed E-state index contributed by atoms with van der Waals surface area (Å²) in [5.41, 5.74) is 0. The second-order valence-electron chi connectivity index (χ2n) is 19.7. The minimum atomic E-state index is -2.31. The Hall–Kier alpha value is 0.878. The molecular formula is C36H75IO5Si4. The molecule has 5 unspecified atom stereocenters. The molecule has 0 bridgehead atoms. The Morgan fingerprint density at radius 2 is 1.00 bits per heavy atom. The van der Waals surface area contributed by atoms with Gasteiger partial charge >= 0.3 is 0 Å². The molecule has 0 saturated carbocycles. The van der Waals surface area contributed by atoms with Crippen LogP contribution in [-0.4, -0.2) is 69.9 Å². The van der Waals surface area contributed by atoms with Gasteiger partial charge in [-0.2, -0.15) is 0 Å². The first-order valence-electron chi connectivity index (χ1n) is 17.5. The lowest BCUT2D eigenvalue weighted by molar-refractivity contribution is -0.225. The van der Waals surface area contributed by atoms with Crippen molar-refractivity contribution < 1.29 is 22.4 Å². The number of ether oxygens (including phenoxy) is 1. The first-order chi connectivity index (χ1) is 20.3. The Morgan fingerprint density at radius 3 is 1.35 bits per heavy atom. The van der Waals surface area contributed by atoms with Crippen LogP contribution in [0.3, 0.4) is 0 Å². The predicted molar refractivity (Wildman–Crippen MR) is 220 cm³/mol. The second-order valence-corrected chi connectivity index (χ2v) is 39.4. The number of hydrogen-bond acceptors (Lipinski definition) is 5. The number of allylic oxidation sites excluding steroid dienone is 1. The smallest absolute Gasteiger partial charge is 0.193 e. The van der Waals surface area contributed by atoms with Gasteiger partial charge in [0.05, 0.1) is 18.3 Å². The van der Waals surface area contributed by atoms with E-state index in [0.717, 1.165) is 12.8 Å². The summed E-state index contributed by atoms with van der Waals surface area (Å²) in [5.74, 6) is 0. The van der Waals surface area contributed by atoms with Gasteiger partial charge in [0.25, 0.3) is 0 Å². The summed E-state index contributed by atoms with van der Waals surface area (Å²) in [6.07, 6.45) is 4.11. The van der Waals surface area contributed by atoms with Gasteiger partial charge in [0.1, 0.15) is 18.3 Å². The minimum absolute atomic E-state index is 0.00341. The molecule has 0 aromatic rings. The fourth-order valence-corrected chi connectivity index (χ4v) is 10.1. The maximum Gasteiger partial charge on any atom is 0.193 e. The third-order valence-corrected chi connectivity index (χ3v) is 30.2. The van der Waals surface area contributed by atoms with Gasteiger partial charge in [-0.15, -0.1) is 6.58 Å². The Balaban J connectivity index is 4.18. The Morgan fingerprint density at radius 1 is 0.630 bits per heavy atom. The van der Waals surface area contributed by atoms with Gasteiger partial charge in [-0.05, 0) is 95.5 Å². The highest BCUT2D eigenvalue weighted by Gasteiger charge is 2.58. The molecule has 1 heterocycles. The monoisotopic (exact) mass is 826 g/mol. The Labute approximate surface area is 304 Å². The van der Waals surface area contributed by atoms with Crippen LogP contribution in [0.2, 0.25) is 72.5 Å². The van der Waals surface area contributed by atoms with Crippen molar-refractivity contribution in [1.82, 2.24) is 0 Å². The summed E-state index contributed by atoms with van der Waals surface area (Å²) < 4.78 is 39.3. The van der Waals surface area contributed by atoms with Crippen LogP contribution in [0.15, 0.2) is 22.8 Å². The number of halogens is 1. The highest BCUT2D eigenvalue weighted by atomic mass is 127. The van der Waals surface area contributed by atoms with Crippen LogP contribution in [0.1, 0.15) is 95.9 Å². The SMILES string of the molecule is C=CCCC1O[C@@H](C(/C=C/I)O[Si](C)(C)C(C)(C)C)C(O[Si](C)(C)C(C)(C)C)C(O[Si](C)(C)C(C)(C)C)C1O[Si](C)(C)C(C)(C)C. The molecule has 1 aliphatic rings. The zero-order valence-electron chi connectivity index (χ0n) is 33.7. The fraction of sp³-hybridized carbons (Fsp3) is 0.889. The van der Waals surface area contributed by atoms with Gasteiger partial charge in [0.15, 0.2) is 33.3 Å². The summed E-state index contributed by atoms with van der Waals surface area (Å²) in [4.78, 5) is 0. The summed E-state index contributed by atoms with van der Waals surface area (Å²) in [5, 5.41) is 0.0905. The zero-order chi connectivity index (χ0) is 36.5. The number of hydrogen-bond donors (Lipinski definition) is 0. The maximum atomic E-state index is 7.61. The second kappa shape index (κ2) is 15.6. The van der Waals surface area contributed by atoms with E-state index >= 15 is 0 Å². The van der Waals surface area contributed by atoms with Crippen LogP contribution in [-0.2, 0) is 22.4 Å². The molecule has 1 fully saturated rings. The molecule has 10 heteroatoms. The van der Waals surface area contributed by atoms with Gasteiger partial charge in [-0.3, -0.25) is 0 Å². The van der Waals surface area contributed by atoms with Gasteiger partial charge in [0, 0.05) is 0 Å². The molecule has 272 valence electrons. The van der Waals surface area contributed by atoms with E-state index in [1.165, 1.54) is 0 Å². The topological polar surface area (TPSA) is 46.2 Å². The molecule has 46 heavy (non-hydrogen) atoms. The third kappa shape index (κ3) is 11.2. The molecule has 1 rings (SSSR count). The van der Waals surface area contributed by atoms with Crippen molar-refractivity contribution in [1.29, 1.82) is 0 Å². The Bertz CT molecular complexity index is 1020. The summed E-state index contributed by atoms with van der Waals surface area (Å²) in [6, 6.07) is 0. The first kappa shape index (κ1) is 44.9. The van der Waals surface area contributed by atoms with Gasteiger partial charge in [-0.25, -0.2) is 0 Å². The van der Waals surface area contributed by atoms with Crippen molar-refractivity contribution in [2.24, 2.45) is 0 Å². The van der Waals surface area contributed by atoms with E-state index in [0.29, 0.717) is 0 Å². The van der Waals surface area contributed by atoms with E-state index < -0.39 is 33.3 Å². The van der Waals surface area contributed by atoms with Gasteiger partial charge in [-0.1, -0.05) is 112 Å². The first-order valence-corrected chi connectivity index (χ1v) is 30.4. The molecule has 0 amide bonds. The third-order valence-electron chi connectivity index (χ3n) is 11.9. The molecule has 1 saturated heterocycles. The molecule has 0 spiro atoms. The van der Waals surface area contributed by atoms with E-state index in [2.05, 4.69) is 175 Å². The average molecular weight is 827 g/mol. The zero-order valence-corrected chi connectivity index (χ0v) is 39.9. The molecule has 0 N–H and O–H groups in total. The van der Waals surface area contributed by atoms with Crippen LogP contribution in [0, 0.1) is 0 Å². The van der Waals surface area contributed by atoms with Crippen LogP contribution >= 0.6 is 22.6 Å². The summed E-state index contributed by atoms with van der Waals surface area (Å²) in [6.45, 7) is 50.6. The normalized spacial score (nSPS) is 25.6. The lowest BCUT2D eigenvalue weighted by Crippen LogP contribution is -2.69. The fourth-order valence-electron chi connectivity index (χ4n) is 4.49. The van der Waals surface area contributed by atoms with Crippen molar-refractivity contribution in [2.45, 2.75) is 205 Å². The molecule has 1 aliphatic heterocycles. The van der Waals surface area contributed by atoms with E-state index in [4.69, 9.17) is 22.4 Å². The molecule has 0 radical (unpaired) electrons. The lowest BCUT2D eigenvalue weighted by atomic mass is 9.90. The highest BCUT2D eigenvalue weighted by Crippen LogP contribution is 2.48. The largest absolute Gasteiger partial charge is 0.409 e. The van der Waals surface area contributed by atoms with Crippen molar-refractivity contribution in [3.63, 3.8) is 0 Å². The molecule has 0 aliphatic carbocycles. The maximum absolute atomic E-state index is 7.61. The molecule has 6 atom stereocenters.